The molecule has 1 aromatic carbocycles. The van der Waals surface area contributed by atoms with Gasteiger partial charge in [0.2, 0.25) is 0 Å². The molecule has 0 heterocycles. The van der Waals surface area contributed by atoms with Gasteiger partial charge in [0, 0.05) is 0 Å². The van der Waals surface area contributed by atoms with E-state index < -0.39 is 0 Å². The molecular weight excluding hydrogens is 364 g/mol. The number of unbranched alkanes of at least 4 members (excludes halogenated alkanes) is 4. The zero-order valence-corrected chi connectivity index (χ0v) is 20.0. The fourth-order valence-electron chi connectivity index (χ4n) is 5.84. The predicted octanol–water partition coefficient (Wildman–Crippen LogP) is 9.31. The Kier molecular flexibility index (Phi) is 10.6. The number of rotatable bonds is 12. The zero-order valence-electron chi connectivity index (χ0n) is 20.0. The minimum atomic E-state index is 0.782. The van der Waals surface area contributed by atoms with Crippen LogP contribution in [0.2, 0.25) is 0 Å². The average Bonchev–Trinajstić information content (AvgIpc) is 2.79. The van der Waals surface area contributed by atoms with Gasteiger partial charge in [-0.05, 0) is 79.9 Å². The molecule has 0 radical (unpaired) electrons. The molecule has 1 aromatic rings. The standard InChI is InChI=1S/C29H48O/c1-3-4-5-6-7-9-25-15-17-27(18-16-25)28-19-21-29(22-20-28)30-23-8-10-26-13-11-24(2)12-14-26/h19-22,24-27H,3-18,23H2,1-2H3/t24-,25-,26-,27-. The fourth-order valence-corrected chi connectivity index (χ4v) is 5.84. The quantitative estimate of drug-likeness (QED) is 0.311. The lowest BCUT2D eigenvalue weighted by Crippen LogP contribution is -2.13. The van der Waals surface area contributed by atoms with E-state index in [0.29, 0.717) is 0 Å². The average molecular weight is 413 g/mol. The molecule has 0 spiro atoms. The summed E-state index contributed by atoms with van der Waals surface area (Å²) in [5.41, 5.74) is 1.54. The Hall–Kier alpha value is -0.980. The van der Waals surface area contributed by atoms with Crippen molar-refractivity contribution in [1.82, 2.24) is 0 Å². The monoisotopic (exact) mass is 412 g/mol. The zero-order chi connectivity index (χ0) is 21.0. The van der Waals surface area contributed by atoms with Crippen LogP contribution in [0.3, 0.4) is 0 Å². The summed E-state index contributed by atoms with van der Waals surface area (Å²) >= 11 is 0. The van der Waals surface area contributed by atoms with E-state index in [1.54, 1.807) is 5.56 Å². The van der Waals surface area contributed by atoms with E-state index in [0.717, 1.165) is 36.0 Å². The Labute approximate surface area is 187 Å². The van der Waals surface area contributed by atoms with Crippen LogP contribution in [0.5, 0.6) is 5.75 Å². The molecule has 0 amide bonds. The highest BCUT2D eigenvalue weighted by atomic mass is 16.5. The van der Waals surface area contributed by atoms with E-state index in [1.807, 2.05) is 0 Å². The highest BCUT2D eigenvalue weighted by Crippen LogP contribution is 2.38. The molecule has 2 fully saturated rings. The van der Waals surface area contributed by atoms with Gasteiger partial charge in [0.1, 0.15) is 5.75 Å². The van der Waals surface area contributed by atoms with Crippen molar-refractivity contribution >= 4 is 0 Å². The number of hydrogen-bond donors (Lipinski definition) is 0. The molecule has 1 nitrogen and oxygen atoms in total. The number of hydrogen-bond acceptors (Lipinski definition) is 1. The molecule has 0 N–H and O–H groups in total. The summed E-state index contributed by atoms with van der Waals surface area (Å²) in [6.45, 7) is 5.59. The van der Waals surface area contributed by atoms with Gasteiger partial charge in [0.15, 0.2) is 0 Å². The van der Waals surface area contributed by atoms with Crippen molar-refractivity contribution in [2.24, 2.45) is 17.8 Å². The van der Waals surface area contributed by atoms with Crippen LogP contribution in [-0.4, -0.2) is 6.61 Å². The van der Waals surface area contributed by atoms with Crippen LogP contribution in [0.15, 0.2) is 24.3 Å². The SMILES string of the molecule is CCCCCCC[C@H]1CC[C@H](c2ccc(OCCC[C@H]3CC[C@H](C)CC3)cc2)CC1. The summed E-state index contributed by atoms with van der Waals surface area (Å²) in [4.78, 5) is 0. The second-order valence-corrected chi connectivity index (χ2v) is 10.6. The predicted molar refractivity (Wildman–Crippen MR) is 130 cm³/mol. The van der Waals surface area contributed by atoms with E-state index in [1.165, 1.54) is 103 Å². The van der Waals surface area contributed by atoms with E-state index in [4.69, 9.17) is 4.74 Å². The first-order valence-electron chi connectivity index (χ1n) is 13.5. The normalized spacial score (nSPS) is 27.1. The van der Waals surface area contributed by atoms with E-state index >= 15 is 0 Å². The molecule has 0 aromatic heterocycles. The van der Waals surface area contributed by atoms with Crippen LogP contribution in [-0.2, 0) is 0 Å². The molecule has 1 heteroatoms. The van der Waals surface area contributed by atoms with Crippen molar-refractivity contribution < 1.29 is 4.74 Å². The maximum Gasteiger partial charge on any atom is 0.119 e. The number of benzene rings is 1. The molecular formula is C29H48O. The molecule has 2 saturated carbocycles. The lowest BCUT2D eigenvalue weighted by atomic mass is 9.77. The fraction of sp³-hybridized carbons (Fsp3) is 0.793. The maximum atomic E-state index is 6.05. The molecule has 30 heavy (non-hydrogen) atoms. The van der Waals surface area contributed by atoms with Gasteiger partial charge in [-0.25, -0.2) is 0 Å². The highest BCUT2D eigenvalue weighted by Gasteiger charge is 2.22. The van der Waals surface area contributed by atoms with Gasteiger partial charge in [-0.1, -0.05) is 90.2 Å². The Morgan fingerprint density at radius 2 is 1.30 bits per heavy atom. The Bertz CT molecular complexity index is 546. The molecule has 0 atom stereocenters. The van der Waals surface area contributed by atoms with E-state index in [2.05, 4.69) is 38.1 Å². The molecule has 0 aliphatic heterocycles. The van der Waals surface area contributed by atoms with Crippen molar-refractivity contribution in [1.29, 1.82) is 0 Å². The van der Waals surface area contributed by atoms with Crippen molar-refractivity contribution in [3.8, 4) is 5.75 Å². The Morgan fingerprint density at radius 3 is 1.97 bits per heavy atom. The topological polar surface area (TPSA) is 9.23 Å². The molecule has 3 rings (SSSR count). The van der Waals surface area contributed by atoms with E-state index in [9.17, 15) is 0 Å². The third-order valence-electron chi connectivity index (χ3n) is 8.08. The van der Waals surface area contributed by atoms with Crippen molar-refractivity contribution in [3.63, 3.8) is 0 Å². The van der Waals surface area contributed by atoms with Gasteiger partial charge in [-0.3, -0.25) is 0 Å². The van der Waals surface area contributed by atoms with Crippen molar-refractivity contribution in [2.45, 2.75) is 122 Å². The van der Waals surface area contributed by atoms with Gasteiger partial charge >= 0.3 is 0 Å². The van der Waals surface area contributed by atoms with Gasteiger partial charge in [-0.2, -0.15) is 0 Å². The first-order chi connectivity index (χ1) is 14.7. The summed E-state index contributed by atoms with van der Waals surface area (Å²) in [6, 6.07) is 9.12. The maximum absolute atomic E-state index is 6.05. The van der Waals surface area contributed by atoms with Crippen LogP contribution in [0.1, 0.15) is 128 Å². The minimum Gasteiger partial charge on any atom is -0.494 e. The van der Waals surface area contributed by atoms with Crippen LogP contribution in [0.25, 0.3) is 0 Å². The minimum absolute atomic E-state index is 0.782. The van der Waals surface area contributed by atoms with Crippen molar-refractivity contribution in [3.05, 3.63) is 29.8 Å². The molecule has 2 aliphatic carbocycles. The highest BCUT2D eigenvalue weighted by molar-refractivity contribution is 5.29. The van der Waals surface area contributed by atoms with Crippen LogP contribution >= 0.6 is 0 Å². The lowest BCUT2D eigenvalue weighted by Gasteiger charge is -2.29. The van der Waals surface area contributed by atoms with Gasteiger partial charge in [0.05, 0.1) is 6.61 Å². The summed E-state index contributed by atoms with van der Waals surface area (Å²) in [5.74, 6) is 4.76. The number of ether oxygens (including phenoxy) is 1. The lowest BCUT2D eigenvalue weighted by molar-refractivity contribution is 0.245. The summed E-state index contributed by atoms with van der Waals surface area (Å²) in [5, 5.41) is 0. The smallest absolute Gasteiger partial charge is 0.119 e. The first kappa shape index (κ1) is 23.7. The second-order valence-electron chi connectivity index (χ2n) is 10.6. The third kappa shape index (κ3) is 8.27. The van der Waals surface area contributed by atoms with E-state index in [-0.39, 0.29) is 0 Å². The molecule has 0 unspecified atom stereocenters. The summed E-state index contributed by atoms with van der Waals surface area (Å²) in [6.07, 6.45) is 22.6. The van der Waals surface area contributed by atoms with Gasteiger partial charge in [0.25, 0.3) is 0 Å². The molecule has 0 saturated heterocycles. The Balaban J connectivity index is 1.28. The van der Waals surface area contributed by atoms with Gasteiger partial charge in [-0.15, -0.1) is 0 Å². The first-order valence-corrected chi connectivity index (χ1v) is 13.5. The summed E-state index contributed by atoms with van der Waals surface area (Å²) in [7, 11) is 0. The molecule has 0 bridgehead atoms. The molecule has 2 aliphatic rings. The second kappa shape index (κ2) is 13.4. The Morgan fingerprint density at radius 1 is 0.700 bits per heavy atom. The third-order valence-corrected chi connectivity index (χ3v) is 8.08. The van der Waals surface area contributed by atoms with Gasteiger partial charge < -0.3 is 4.74 Å². The van der Waals surface area contributed by atoms with Crippen molar-refractivity contribution in [2.75, 3.05) is 6.61 Å². The molecule has 170 valence electrons. The van der Waals surface area contributed by atoms with Crippen LogP contribution in [0, 0.1) is 17.8 Å². The largest absolute Gasteiger partial charge is 0.494 e. The summed E-state index contributed by atoms with van der Waals surface area (Å²) < 4.78 is 6.05. The van der Waals surface area contributed by atoms with Crippen LogP contribution < -0.4 is 4.74 Å². The van der Waals surface area contributed by atoms with Crippen LogP contribution in [0.4, 0.5) is 0 Å².